The summed E-state index contributed by atoms with van der Waals surface area (Å²) >= 11 is 6.03. The quantitative estimate of drug-likeness (QED) is 0.550. The van der Waals surface area contributed by atoms with Crippen LogP contribution in [0.5, 0.6) is 0 Å². The van der Waals surface area contributed by atoms with E-state index in [4.69, 9.17) is 11.6 Å². The predicted octanol–water partition coefficient (Wildman–Crippen LogP) is 5.61. The molecule has 1 aliphatic rings. The molecule has 0 spiro atoms. The number of amides is 2. The summed E-state index contributed by atoms with van der Waals surface area (Å²) in [6, 6.07) is 22.1. The van der Waals surface area contributed by atoms with Crippen molar-refractivity contribution in [2.45, 2.75) is 20.3 Å². The van der Waals surface area contributed by atoms with Crippen LogP contribution in [0.3, 0.4) is 0 Å². The van der Waals surface area contributed by atoms with Gasteiger partial charge in [-0.1, -0.05) is 61.0 Å². The number of hydrogen-bond donors (Lipinski definition) is 1. The molecule has 4 rings (SSSR count). The first kappa shape index (κ1) is 19.9. The molecule has 150 valence electrons. The highest BCUT2D eigenvalue weighted by Crippen LogP contribution is 2.34. The molecule has 0 atom stereocenters. The zero-order valence-corrected chi connectivity index (χ0v) is 17.5. The van der Waals surface area contributed by atoms with Crippen molar-refractivity contribution in [2.24, 2.45) is 0 Å². The van der Waals surface area contributed by atoms with Gasteiger partial charge in [-0.3, -0.25) is 9.59 Å². The van der Waals surface area contributed by atoms with Crippen LogP contribution in [0.15, 0.2) is 78.5 Å². The summed E-state index contributed by atoms with van der Waals surface area (Å²) in [6.45, 7) is 4.01. The van der Waals surface area contributed by atoms with E-state index in [-0.39, 0.29) is 17.5 Å². The van der Waals surface area contributed by atoms with Crippen LogP contribution in [0.25, 0.3) is 5.57 Å². The Hall–Kier alpha value is -3.37. The lowest BCUT2D eigenvalue weighted by molar-refractivity contribution is -0.120. The highest BCUT2D eigenvalue weighted by Gasteiger charge is 2.40. The SMILES string of the molecule is CCc1ccc(N2C(=O)C(Nc3ccccc3C)=C(c3ccc(Cl)cc3)C2=O)cc1. The van der Waals surface area contributed by atoms with Gasteiger partial charge in [0, 0.05) is 10.7 Å². The van der Waals surface area contributed by atoms with E-state index in [0.29, 0.717) is 21.8 Å². The third-order valence-electron chi connectivity index (χ3n) is 5.22. The standard InChI is InChI=1S/C25H21ClN2O2/c1-3-17-8-14-20(15-9-17)28-24(29)22(18-10-12-19(26)13-11-18)23(25(28)30)27-21-7-5-4-6-16(21)2/h4-15,27H,3H2,1-2H3. The lowest BCUT2D eigenvalue weighted by Crippen LogP contribution is -2.32. The minimum absolute atomic E-state index is 0.260. The highest BCUT2D eigenvalue weighted by molar-refractivity contribution is 6.46. The van der Waals surface area contributed by atoms with Crippen molar-refractivity contribution >= 4 is 40.4 Å². The zero-order valence-electron chi connectivity index (χ0n) is 16.8. The summed E-state index contributed by atoms with van der Waals surface area (Å²) in [4.78, 5) is 28.0. The molecule has 0 unspecified atom stereocenters. The number of benzene rings is 3. The first-order valence-electron chi connectivity index (χ1n) is 9.80. The van der Waals surface area contributed by atoms with Crippen LogP contribution in [0, 0.1) is 6.92 Å². The number of carbonyl (C=O) groups is 2. The van der Waals surface area contributed by atoms with Crippen molar-refractivity contribution in [2.75, 3.05) is 10.2 Å². The molecule has 5 heteroatoms. The zero-order chi connectivity index (χ0) is 21.3. The van der Waals surface area contributed by atoms with E-state index in [2.05, 4.69) is 12.2 Å². The van der Waals surface area contributed by atoms with Crippen LogP contribution < -0.4 is 10.2 Å². The average Bonchev–Trinajstić information content (AvgIpc) is 3.00. The third-order valence-corrected chi connectivity index (χ3v) is 5.48. The molecule has 0 fully saturated rings. The molecular weight excluding hydrogens is 396 g/mol. The monoisotopic (exact) mass is 416 g/mol. The number of para-hydroxylation sites is 1. The molecule has 1 heterocycles. The minimum Gasteiger partial charge on any atom is -0.350 e. The molecular formula is C25H21ClN2O2. The summed E-state index contributed by atoms with van der Waals surface area (Å²) < 4.78 is 0. The van der Waals surface area contributed by atoms with Crippen molar-refractivity contribution in [3.63, 3.8) is 0 Å². The maximum atomic E-state index is 13.4. The first-order valence-corrected chi connectivity index (χ1v) is 10.2. The number of anilines is 2. The van der Waals surface area contributed by atoms with Gasteiger partial charge in [0.1, 0.15) is 5.70 Å². The fourth-order valence-electron chi connectivity index (χ4n) is 3.49. The summed E-state index contributed by atoms with van der Waals surface area (Å²) in [5.41, 5.74) is 4.68. The second-order valence-electron chi connectivity index (χ2n) is 7.16. The van der Waals surface area contributed by atoms with Crippen molar-refractivity contribution in [1.29, 1.82) is 0 Å². The van der Waals surface area contributed by atoms with Gasteiger partial charge >= 0.3 is 0 Å². The van der Waals surface area contributed by atoms with E-state index in [1.807, 2.05) is 55.5 Å². The Morgan fingerprint density at radius 3 is 2.17 bits per heavy atom. The number of nitrogens with one attached hydrogen (secondary N) is 1. The lowest BCUT2D eigenvalue weighted by atomic mass is 10.0. The molecule has 4 nitrogen and oxygen atoms in total. The number of carbonyl (C=O) groups excluding carboxylic acids is 2. The molecule has 0 saturated carbocycles. The normalized spacial score (nSPS) is 13.9. The Bertz CT molecular complexity index is 1150. The Morgan fingerprint density at radius 1 is 0.867 bits per heavy atom. The number of hydrogen-bond acceptors (Lipinski definition) is 3. The Morgan fingerprint density at radius 2 is 1.53 bits per heavy atom. The molecule has 1 N–H and O–H groups in total. The third kappa shape index (κ3) is 3.62. The van der Waals surface area contributed by atoms with Gasteiger partial charge in [0.15, 0.2) is 0 Å². The van der Waals surface area contributed by atoms with E-state index in [1.165, 1.54) is 4.90 Å². The summed E-state index contributed by atoms with van der Waals surface area (Å²) in [5.74, 6) is -0.736. The van der Waals surface area contributed by atoms with Crippen molar-refractivity contribution in [1.82, 2.24) is 0 Å². The number of halogens is 1. The molecule has 0 aliphatic carbocycles. The summed E-state index contributed by atoms with van der Waals surface area (Å²) in [6.07, 6.45) is 0.885. The summed E-state index contributed by atoms with van der Waals surface area (Å²) in [7, 11) is 0. The van der Waals surface area contributed by atoms with E-state index in [0.717, 1.165) is 23.2 Å². The smallest absolute Gasteiger partial charge is 0.282 e. The molecule has 3 aromatic rings. The molecule has 30 heavy (non-hydrogen) atoms. The van der Waals surface area contributed by atoms with Gasteiger partial charge in [-0.2, -0.15) is 0 Å². The van der Waals surface area contributed by atoms with Crippen LogP contribution in [0.4, 0.5) is 11.4 Å². The molecule has 1 aliphatic heterocycles. The van der Waals surface area contributed by atoms with E-state index >= 15 is 0 Å². The second-order valence-corrected chi connectivity index (χ2v) is 7.60. The van der Waals surface area contributed by atoms with E-state index < -0.39 is 0 Å². The van der Waals surface area contributed by atoms with Gasteiger partial charge in [-0.05, 0) is 60.4 Å². The molecule has 0 saturated heterocycles. The predicted molar refractivity (Wildman–Crippen MR) is 121 cm³/mol. The van der Waals surface area contributed by atoms with Crippen molar-refractivity contribution < 1.29 is 9.59 Å². The fraction of sp³-hybridized carbons (Fsp3) is 0.120. The van der Waals surface area contributed by atoms with Gasteiger partial charge in [0.05, 0.1) is 11.3 Å². The molecule has 2 amide bonds. The Kier molecular flexibility index (Phi) is 5.42. The van der Waals surface area contributed by atoms with Gasteiger partial charge in [0.2, 0.25) is 0 Å². The number of imide groups is 1. The Labute approximate surface area is 180 Å². The molecule has 0 aromatic heterocycles. The van der Waals surface area contributed by atoms with Crippen LogP contribution in [0.2, 0.25) is 5.02 Å². The van der Waals surface area contributed by atoms with Gasteiger partial charge in [0.25, 0.3) is 11.8 Å². The number of nitrogens with zero attached hydrogens (tertiary/aromatic N) is 1. The van der Waals surface area contributed by atoms with Crippen LogP contribution in [0.1, 0.15) is 23.6 Å². The Balaban J connectivity index is 1.81. The van der Waals surface area contributed by atoms with E-state index in [1.54, 1.807) is 24.3 Å². The van der Waals surface area contributed by atoms with E-state index in [9.17, 15) is 9.59 Å². The lowest BCUT2D eigenvalue weighted by Gasteiger charge is -2.16. The topological polar surface area (TPSA) is 49.4 Å². The van der Waals surface area contributed by atoms with Crippen LogP contribution in [-0.2, 0) is 16.0 Å². The van der Waals surface area contributed by atoms with Gasteiger partial charge < -0.3 is 5.32 Å². The van der Waals surface area contributed by atoms with Crippen molar-refractivity contribution in [3.8, 4) is 0 Å². The fourth-order valence-corrected chi connectivity index (χ4v) is 3.62. The number of rotatable bonds is 5. The highest BCUT2D eigenvalue weighted by atomic mass is 35.5. The first-order chi connectivity index (χ1) is 14.5. The average molecular weight is 417 g/mol. The van der Waals surface area contributed by atoms with Crippen LogP contribution in [-0.4, -0.2) is 11.8 Å². The molecule has 0 bridgehead atoms. The number of aryl methyl sites for hydroxylation is 2. The van der Waals surface area contributed by atoms with Crippen LogP contribution >= 0.6 is 11.6 Å². The largest absolute Gasteiger partial charge is 0.350 e. The molecule has 3 aromatic carbocycles. The van der Waals surface area contributed by atoms with Gasteiger partial charge in [-0.15, -0.1) is 0 Å². The second kappa shape index (κ2) is 8.17. The maximum Gasteiger partial charge on any atom is 0.282 e. The van der Waals surface area contributed by atoms with Gasteiger partial charge in [-0.25, -0.2) is 4.90 Å². The summed E-state index contributed by atoms with van der Waals surface area (Å²) in [5, 5.41) is 3.78. The molecule has 0 radical (unpaired) electrons. The maximum absolute atomic E-state index is 13.4. The van der Waals surface area contributed by atoms with Crippen molar-refractivity contribution in [3.05, 3.63) is 100 Å². The minimum atomic E-state index is -0.377.